The molecule has 4 nitrogen and oxygen atoms in total. The zero-order chi connectivity index (χ0) is 11.6. The first-order valence-corrected chi connectivity index (χ1v) is 6.18. The van der Waals surface area contributed by atoms with Gasteiger partial charge in [0.15, 0.2) is 0 Å². The summed E-state index contributed by atoms with van der Waals surface area (Å²) >= 11 is 0. The van der Waals surface area contributed by atoms with Gasteiger partial charge in [-0.05, 0) is 32.4 Å². The number of hydrogen-bond donors (Lipinski definition) is 1. The van der Waals surface area contributed by atoms with Gasteiger partial charge in [-0.15, -0.1) is 0 Å². The van der Waals surface area contributed by atoms with Gasteiger partial charge in [-0.3, -0.25) is 4.79 Å². The highest BCUT2D eigenvalue weighted by molar-refractivity contribution is 5.82. The third kappa shape index (κ3) is 2.23. The summed E-state index contributed by atoms with van der Waals surface area (Å²) in [5.41, 5.74) is -0.145. The van der Waals surface area contributed by atoms with Crippen LogP contribution in [0.1, 0.15) is 26.2 Å². The number of carbonyl (C=O) groups excluding carboxylic acids is 1. The van der Waals surface area contributed by atoms with E-state index in [1.807, 2.05) is 4.90 Å². The van der Waals surface area contributed by atoms with E-state index in [2.05, 4.69) is 12.2 Å². The van der Waals surface area contributed by atoms with Crippen molar-refractivity contribution in [2.45, 2.75) is 32.3 Å². The maximum atomic E-state index is 12.4. The predicted molar refractivity (Wildman–Crippen MR) is 62.2 cm³/mol. The Hall–Kier alpha value is -0.610. The lowest BCUT2D eigenvalue weighted by Gasteiger charge is -2.35. The number of piperidine rings is 1. The van der Waals surface area contributed by atoms with Crippen molar-refractivity contribution >= 4 is 5.91 Å². The van der Waals surface area contributed by atoms with E-state index < -0.39 is 0 Å². The Bertz CT molecular complexity index is 262. The van der Waals surface area contributed by atoms with Crippen molar-refractivity contribution in [2.75, 3.05) is 33.3 Å². The molecule has 4 heteroatoms. The average Bonchev–Trinajstić information content (AvgIpc) is 2.77. The number of amides is 1. The molecule has 0 spiro atoms. The second kappa shape index (κ2) is 4.72. The quantitative estimate of drug-likeness (QED) is 0.750. The second-order valence-corrected chi connectivity index (χ2v) is 5.21. The number of nitrogens with zero attached hydrogens (tertiary/aromatic N) is 1. The molecule has 2 aliphatic heterocycles. The number of nitrogens with one attached hydrogen (secondary N) is 1. The predicted octanol–water partition coefficient (Wildman–Crippen LogP) is 0.623. The summed E-state index contributed by atoms with van der Waals surface area (Å²) in [4.78, 5) is 14.4. The van der Waals surface area contributed by atoms with E-state index >= 15 is 0 Å². The van der Waals surface area contributed by atoms with Crippen molar-refractivity contribution in [1.82, 2.24) is 10.2 Å². The van der Waals surface area contributed by atoms with Gasteiger partial charge in [-0.1, -0.05) is 6.92 Å². The highest BCUT2D eigenvalue weighted by atomic mass is 16.5. The molecule has 2 rings (SSSR count). The zero-order valence-corrected chi connectivity index (χ0v) is 10.3. The van der Waals surface area contributed by atoms with Crippen molar-refractivity contribution in [1.29, 1.82) is 0 Å². The molecule has 16 heavy (non-hydrogen) atoms. The van der Waals surface area contributed by atoms with E-state index in [0.29, 0.717) is 5.91 Å². The number of ether oxygens (including phenoxy) is 1. The van der Waals surface area contributed by atoms with Crippen LogP contribution in [-0.2, 0) is 9.53 Å². The molecule has 0 saturated carbocycles. The summed E-state index contributed by atoms with van der Waals surface area (Å²) in [5, 5.41) is 3.31. The summed E-state index contributed by atoms with van der Waals surface area (Å²) in [6.45, 7) is 5.67. The van der Waals surface area contributed by atoms with E-state index in [9.17, 15) is 4.79 Å². The summed E-state index contributed by atoms with van der Waals surface area (Å²) in [7, 11) is 1.73. The minimum Gasteiger partial charge on any atom is -0.380 e. The van der Waals surface area contributed by atoms with E-state index in [-0.39, 0.29) is 11.5 Å². The monoisotopic (exact) mass is 226 g/mol. The summed E-state index contributed by atoms with van der Waals surface area (Å²) < 4.78 is 5.31. The van der Waals surface area contributed by atoms with Crippen LogP contribution in [0, 0.1) is 5.41 Å². The normalized spacial score (nSPS) is 29.4. The second-order valence-electron chi connectivity index (χ2n) is 5.21. The smallest absolute Gasteiger partial charge is 0.228 e. The van der Waals surface area contributed by atoms with E-state index in [1.165, 1.54) is 0 Å². The zero-order valence-electron chi connectivity index (χ0n) is 10.3. The molecule has 1 unspecified atom stereocenters. The van der Waals surface area contributed by atoms with Crippen LogP contribution >= 0.6 is 0 Å². The lowest BCUT2D eigenvalue weighted by atomic mass is 9.80. The van der Waals surface area contributed by atoms with Gasteiger partial charge in [-0.2, -0.15) is 0 Å². The van der Waals surface area contributed by atoms with Crippen molar-refractivity contribution in [3.63, 3.8) is 0 Å². The summed E-state index contributed by atoms with van der Waals surface area (Å²) in [5.74, 6) is 0.327. The highest BCUT2D eigenvalue weighted by Crippen LogP contribution is 2.31. The van der Waals surface area contributed by atoms with Gasteiger partial charge in [-0.25, -0.2) is 0 Å². The number of hydrogen-bond acceptors (Lipinski definition) is 3. The Labute approximate surface area is 97.3 Å². The molecule has 0 aromatic carbocycles. The van der Waals surface area contributed by atoms with Crippen molar-refractivity contribution < 1.29 is 9.53 Å². The largest absolute Gasteiger partial charge is 0.380 e. The SMILES string of the molecule is COC1CCN(C(=O)C2(C)CCNCC2)C1. The molecule has 0 aromatic rings. The maximum Gasteiger partial charge on any atom is 0.228 e. The van der Waals surface area contributed by atoms with E-state index in [1.54, 1.807) is 7.11 Å². The molecule has 1 amide bonds. The third-order valence-corrected chi connectivity index (χ3v) is 3.99. The van der Waals surface area contributed by atoms with Crippen LogP contribution in [0.25, 0.3) is 0 Å². The van der Waals surface area contributed by atoms with Gasteiger partial charge >= 0.3 is 0 Å². The fourth-order valence-corrected chi connectivity index (χ4v) is 2.68. The minimum absolute atomic E-state index is 0.145. The van der Waals surface area contributed by atoms with E-state index in [0.717, 1.165) is 45.4 Å². The van der Waals surface area contributed by atoms with Crippen molar-refractivity contribution in [2.24, 2.45) is 5.41 Å². The summed E-state index contributed by atoms with van der Waals surface area (Å²) in [6.07, 6.45) is 3.14. The molecule has 2 fully saturated rings. The first kappa shape index (κ1) is 11.9. The molecule has 1 atom stereocenters. The molecule has 1 N–H and O–H groups in total. The van der Waals surface area contributed by atoms with Crippen LogP contribution in [-0.4, -0.2) is 50.2 Å². The molecule has 0 bridgehead atoms. The Morgan fingerprint density at radius 1 is 1.44 bits per heavy atom. The molecular formula is C12H22N2O2. The third-order valence-electron chi connectivity index (χ3n) is 3.99. The van der Waals surface area contributed by atoms with E-state index in [4.69, 9.17) is 4.74 Å². The molecule has 2 saturated heterocycles. The van der Waals surface area contributed by atoms with Crippen LogP contribution in [0.15, 0.2) is 0 Å². The number of rotatable bonds is 2. The Kier molecular flexibility index (Phi) is 3.50. The Morgan fingerprint density at radius 2 is 2.12 bits per heavy atom. The Balaban J connectivity index is 1.96. The molecular weight excluding hydrogens is 204 g/mol. The lowest BCUT2D eigenvalue weighted by Crippen LogP contribution is -2.47. The fraction of sp³-hybridized carbons (Fsp3) is 0.917. The standard InChI is InChI=1S/C12H22N2O2/c1-12(4-6-13-7-5-12)11(15)14-8-3-10(9-14)16-2/h10,13H,3-9H2,1-2H3. The van der Waals surface area contributed by atoms with Gasteiger partial charge in [0, 0.05) is 25.6 Å². The highest BCUT2D eigenvalue weighted by Gasteiger charge is 2.39. The van der Waals surface area contributed by atoms with Crippen molar-refractivity contribution in [3.05, 3.63) is 0 Å². The van der Waals surface area contributed by atoms with Gasteiger partial charge in [0.25, 0.3) is 0 Å². The van der Waals surface area contributed by atoms with Crippen LogP contribution in [0.4, 0.5) is 0 Å². The molecule has 92 valence electrons. The van der Waals surface area contributed by atoms with Gasteiger partial charge in [0.05, 0.1) is 6.10 Å². The van der Waals surface area contributed by atoms with Gasteiger partial charge < -0.3 is 15.0 Å². The fourth-order valence-electron chi connectivity index (χ4n) is 2.68. The van der Waals surface area contributed by atoms with Crippen LogP contribution < -0.4 is 5.32 Å². The van der Waals surface area contributed by atoms with Crippen LogP contribution in [0.3, 0.4) is 0 Å². The Morgan fingerprint density at radius 3 is 2.69 bits per heavy atom. The van der Waals surface area contributed by atoms with Crippen LogP contribution in [0.5, 0.6) is 0 Å². The van der Waals surface area contributed by atoms with Crippen LogP contribution in [0.2, 0.25) is 0 Å². The molecule has 0 radical (unpaired) electrons. The minimum atomic E-state index is -0.145. The molecule has 0 aliphatic carbocycles. The molecule has 0 aromatic heterocycles. The maximum absolute atomic E-state index is 12.4. The number of methoxy groups -OCH3 is 1. The first-order valence-electron chi connectivity index (χ1n) is 6.18. The van der Waals surface area contributed by atoms with Gasteiger partial charge in [0.2, 0.25) is 5.91 Å². The topological polar surface area (TPSA) is 41.6 Å². The first-order chi connectivity index (χ1) is 7.65. The number of carbonyl (C=O) groups is 1. The lowest BCUT2D eigenvalue weighted by molar-refractivity contribution is -0.142. The number of likely N-dealkylation sites (tertiary alicyclic amines) is 1. The summed E-state index contributed by atoms with van der Waals surface area (Å²) in [6, 6.07) is 0. The average molecular weight is 226 g/mol. The van der Waals surface area contributed by atoms with Gasteiger partial charge in [0.1, 0.15) is 0 Å². The molecule has 2 heterocycles. The van der Waals surface area contributed by atoms with Crippen molar-refractivity contribution in [3.8, 4) is 0 Å². The molecule has 2 aliphatic rings.